The lowest BCUT2D eigenvalue weighted by Gasteiger charge is -2.35. The van der Waals surface area contributed by atoms with Crippen LogP contribution in [0.1, 0.15) is 16.1 Å². The van der Waals surface area contributed by atoms with Gasteiger partial charge in [-0.3, -0.25) is 4.79 Å². The second-order valence-electron chi connectivity index (χ2n) is 7.39. The summed E-state index contributed by atoms with van der Waals surface area (Å²) < 4.78 is 5.35. The van der Waals surface area contributed by atoms with Gasteiger partial charge in [0.1, 0.15) is 17.0 Å². The summed E-state index contributed by atoms with van der Waals surface area (Å²) in [6.45, 7) is 4.23. The highest BCUT2D eigenvalue weighted by atomic mass is 35.5. The Morgan fingerprint density at radius 3 is 2.60 bits per heavy atom. The summed E-state index contributed by atoms with van der Waals surface area (Å²) in [6.07, 6.45) is 1.73. The molecule has 4 rings (SSSR count). The van der Waals surface area contributed by atoms with Crippen molar-refractivity contribution in [3.05, 3.63) is 52.9 Å². The first-order chi connectivity index (χ1) is 14.5. The van der Waals surface area contributed by atoms with Crippen molar-refractivity contribution in [3.63, 3.8) is 0 Å². The van der Waals surface area contributed by atoms with Crippen molar-refractivity contribution in [2.75, 3.05) is 50.1 Å². The number of carbonyl (C=O) groups is 1. The Morgan fingerprint density at radius 2 is 1.90 bits per heavy atom. The van der Waals surface area contributed by atoms with E-state index in [0.717, 1.165) is 11.5 Å². The minimum atomic E-state index is -0.101. The Hall–Kier alpha value is -3.13. The fourth-order valence-corrected chi connectivity index (χ4v) is 3.73. The number of hydrogen-bond donors (Lipinski definition) is 0. The highest BCUT2D eigenvalue weighted by molar-refractivity contribution is 6.33. The van der Waals surface area contributed by atoms with Crippen LogP contribution in [0.2, 0.25) is 5.02 Å². The van der Waals surface area contributed by atoms with E-state index in [-0.39, 0.29) is 5.91 Å². The van der Waals surface area contributed by atoms with E-state index in [0.29, 0.717) is 53.8 Å². The molecule has 30 heavy (non-hydrogen) atoms. The number of amides is 1. The number of aromatic nitrogens is 3. The number of carbonyl (C=O) groups excluding carboxylic acids is 1. The molecule has 1 aliphatic rings. The molecule has 8 nitrogen and oxygen atoms in total. The summed E-state index contributed by atoms with van der Waals surface area (Å²) in [5, 5.41) is 13.0. The average molecular weight is 427 g/mol. The lowest BCUT2D eigenvalue weighted by Crippen LogP contribution is -2.49. The van der Waals surface area contributed by atoms with Crippen LogP contribution in [0.5, 0.6) is 0 Å². The minimum Gasteiger partial charge on any atom is -0.376 e. The number of halogens is 1. The lowest BCUT2D eigenvalue weighted by molar-refractivity contribution is 0.0745. The normalized spacial score (nSPS) is 14.1. The zero-order valence-corrected chi connectivity index (χ0v) is 17.9. The van der Waals surface area contributed by atoms with Gasteiger partial charge >= 0.3 is 0 Å². The molecule has 0 aliphatic carbocycles. The molecule has 0 bridgehead atoms. The highest BCUT2D eigenvalue weighted by Crippen LogP contribution is 2.32. The summed E-state index contributed by atoms with van der Waals surface area (Å²) in [7, 11) is 3.94. The standard InChI is InChI=1S/C21H23ClN6O2/c1-14-19(20(25-30-14)16-6-4-5-7-17(16)22)21(29)28-10-8-27(9-11-28)18-12-15(26(2)3)13-23-24-18/h4-7,12-13H,8-11H2,1-3H3. The molecule has 3 aromatic rings. The molecule has 0 radical (unpaired) electrons. The molecule has 0 spiro atoms. The van der Waals surface area contributed by atoms with Gasteiger partial charge in [-0.25, -0.2) is 0 Å². The van der Waals surface area contributed by atoms with Crippen molar-refractivity contribution in [3.8, 4) is 11.3 Å². The molecule has 1 aliphatic heterocycles. The summed E-state index contributed by atoms with van der Waals surface area (Å²) >= 11 is 6.32. The van der Waals surface area contributed by atoms with Gasteiger partial charge in [-0.1, -0.05) is 35.0 Å². The molecule has 1 aromatic carbocycles. The van der Waals surface area contributed by atoms with Gasteiger partial charge in [0, 0.05) is 51.9 Å². The third kappa shape index (κ3) is 3.82. The molecule has 156 valence electrons. The Kier molecular flexibility index (Phi) is 5.59. The maximum Gasteiger partial charge on any atom is 0.259 e. The number of nitrogens with zero attached hydrogens (tertiary/aromatic N) is 6. The lowest BCUT2D eigenvalue weighted by atomic mass is 10.0. The third-order valence-electron chi connectivity index (χ3n) is 5.24. The molecular weight excluding hydrogens is 404 g/mol. The van der Waals surface area contributed by atoms with Crippen molar-refractivity contribution < 1.29 is 9.32 Å². The summed E-state index contributed by atoms with van der Waals surface area (Å²) in [5.74, 6) is 1.20. The second kappa shape index (κ2) is 8.31. The molecule has 0 N–H and O–H groups in total. The quantitative estimate of drug-likeness (QED) is 0.634. The van der Waals surface area contributed by atoms with Crippen molar-refractivity contribution in [1.82, 2.24) is 20.3 Å². The maximum absolute atomic E-state index is 13.3. The van der Waals surface area contributed by atoms with Crippen molar-refractivity contribution in [2.45, 2.75) is 6.92 Å². The van der Waals surface area contributed by atoms with Crippen LogP contribution in [0.3, 0.4) is 0 Å². The molecule has 2 aromatic heterocycles. The van der Waals surface area contributed by atoms with Gasteiger partial charge in [-0.05, 0) is 13.0 Å². The Labute approximate surface area is 180 Å². The van der Waals surface area contributed by atoms with Gasteiger partial charge in [-0.15, -0.1) is 5.10 Å². The first kappa shape index (κ1) is 20.2. The molecule has 0 saturated carbocycles. The Balaban J connectivity index is 1.51. The number of anilines is 2. The number of piperazine rings is 1. The van der Waals surface area contributed by atoms with E-state index >= 15 is 0 Å². The van der Waals surface area contributed by atoms with Gasteiger partial charge < -0.3 is 19.2 Å². The average Bonchev–Trinajstić information content (AvgIpc) is 3.15. The van der Waals surface area contributed by atoms with Crippen molar-refractivity contribution in [1.29, 1.82) is 0 Å². The maximum atomic E-state index is 13.3. The number of aryl methyl sites for hydroxylation is 1. The third-order valence-corrected chi connectivity index (χ3v) is 5.57. The van der Waals surface area contributed by atoms with Crippen LogP contribution in [0.25, 0.3) is 11.3 Å². The van der Waals surface area contributed by atoms with E-state index in [9.17, 15) is 4.79 Å². The molecular formula is C21H23ClN6O2. The van der Waals surface area contributed by atoms with E-state index in [1.807, 2.05) is 48.2 Å². The zero-order valence-electron chi connectivity index (χ0n) is 17.2. The monoisotopic (exact) mass is 426 g/mol. The highest BCUT2D eigenvalue weighted by Gasteiger charge is 2.29. The topological polar surface area (TPSA) is 78.6 Å². The fourth-order valence-electron chi connectivity index (χ4n) is 3.50. The van der Waals surface area contributed by atoms with Crippen LogP contribution >= 0.6 is 11.6 Å². The van der Waals surface area contributed by atoms with Crippen LogP contribution in [0, 0.1) is 6.92 Å². The summed E-state index contributed by atoms with van der Waals surface area (Å²) in [5.41, 5.74) is 2.62. The molecule has 3 heterocycles. The van der Waals surface area contributed by atoms with E-state index < -0.39 is 0 Å². The van der Waals surface area contributed by atoms with Crippen LogP contribution in [0.15, 0.2) is 41.1 Å². The van der Waals surface area contributed by atoms with Gasteiger partial charge in [0.2, 0.25) is 0 Å². The van der Waals surface area contributed by atoms with Crippen molar-refractivity contribution >= 4 is 29.0 Å². The number of hydrogen-bond acceptors (Lipinski definition) is 7. The van der Waals surface area contributed by atoms with E-state index in [4.69, 9.17) is 16.1 Å². The van der Waals surface area contributed by atoms with E-state index in [1.165, 1.54) is 0 Å². The zero-order chi connectivity index (χ0) is 21.3. The molecule has 1 fully saturated rings. The van der Waals surface area contributed by atoms with Gasteiger partial charge in [0.05, 0.1) is 16.9 Å². The molecule has 9 heteroatoms. The van der Waals surface area contributed by atoms with Gasteiger partial charge in [-0.2, -0.15) is 5.10 Å². The predicted octanol–water partition coefficient (Wildman–Crippen LogP) is 3.12. The number of benzene rings is 1. The first-order valence-electron chi connectivity index (χ1n) is 9.71. The first-order valence-corrected chi connectivity index (χ1v) is 10.1. The largest absolute Gasteiger partial charge is 0.376 e. The van der Waals surface area contributed by atoms with Crippen LogP contribution in [-0.2, 0) is 0 Å². The van der Waals surface area contributed by atoms with Gasteiger partial charge in [0.15, 0.2) is 5.82 Å². The fraction of sp³-hybridized carbons (Fsp3) is 0.333. The summed E-state index contributed by atoms with van der Waals surface area (Å²) in [4.78, 5) is 19.2. The van der Waals surface area contributed by atoms with Crippen LogP contribution < -0.4 is 9.80 Å². The Bertz CT molecular complexity index is 1060. The van der Waals surface area contributed by atoms with E-state index in [2.05, 4.69) is 20.3 Å². The molecule has 1 saturated heterocycles. The summed E-state index contributed by atoms with van der Waals surface area (Å²) in [6, 6.07) is 9.32. The smallest absolute Gasteiger partial charge is 0.259 e. The van der Waals surface area contributed by atoms with Crippen LogP contribution in [-0.4, -0.2) is 66.4 Å². The second-order valence-corrected chi connectivity index (χ2v) is 7.80. The molecule has 0 unspecified atom stereocenters. The number of rotatable bonds is 4. The van der Waals surface area contributed by atoms with Gasteiger partial charge in [0.25, 0.3) is 5.91 Å². The van der Waals surface area contributed by atoms with Crippen molar-refractivity contribution in [2.24, 2.45) is 0 Å². The van der Waals surface area contributed by atoms with Crippen LogP contribution in [0.4, 0.5) is 11.5 Å². The molecule has 0 atom stereocenters. The Morgan fingerprint density at radius 1 is 1.17 bits per heavy atom. The minimum absolute atomic E-state index is 0.101. The van der Waals surface area contributed by atoms with E-state index in [1.54, 1.807) is 19.2 Å². The molecule has 1 amide bonds. The SMILES string of the molecule is Cc1onc(-c2ccccc2Cl)c1C(=O)N1CCN(c2cc(N(C)C)cnn2)CC1. The predicted molar refractivity (Wildman–Crippen MR) is 116 cm³/mol.